The van der Waals surface area contributed by atoms with Gasteiger partial charge in [-0.15, -0.1) is 0 Å². The van der Waals surface area contributed by atoms with Crippen LogP contribution in [0.5, 0.6) is 0 Å². The minimum atomic E-state index is -3.75. The second kappa shape index (κ2) is 8.30. The van der Waals surface area contributed by atoms with Crippen LogP contribution in [0.4, 0.5) is 10.1 Å². The topological polar surface area (TPSA) is 107 Å². The first-order valence-electron chi connectivity index (χ1n) is 8.04. The van der Waals surface area contributed by atoms with Crippen molar-refractivity contribution in [3.8, 4) is 0 Å². The number of aromatic nitrogens is 2. The number of ether oxygens (including phenoxy) is 1. The molecule has 0 fully saturated rings. The number of aryl methyl sites for hydroxylation is 2. The van der Waals surface area contributed by atoms with Crippen molar-refractivity contribution in [3.05, 3.63) is 41.5 Å². The molecular weight excluding hydrogens is 377 g/mol. The second-order valence-electron chi connectivity index (χ2n) is 5.90. The van der Waals surface area contributed by atoms with E-state index in [2.05, 4.69) is 10.4 Å². The number of hydrogen-bond acceptors (Lipinski definition) is 6. The third-order valence-electron chi connectivity index (χ3n) is 3.89. The Morgan fingerprint density at radius 3 is 2.41 bits per heavy atom. The molecule has 2 aromatic rings. The van der Waals surface area contributed by atoms with E-state index >= 15 is 0 Å². The molecule has 1 N–H and O–H groups in total. The van der Waals surface area contributed by atoms with Crippen molar-refractivity contribution in [2.24, 2.45) is 7.05 Å². The Kier molecular flexibility index (Phi) is 6.32. The molecule has 0 spiro atoms. The standard InChI is InChI=1S/C17H20FN3O5S/c1-11-17(12(2)21(3)20-11)19-15(22)10-26-16(23)8-9-27(24,25)14-6-4-13(18)5-7-14/h4-7H,8-10H2,1-3H3,(H,19,22). The Morgan fingerprint density at radius 1 is 1.22 bits per heavy atom. The third-order valence-corrected chi connectivity index (χ3v) is 5.62. The summed E-state index contributed by atoms with van der Waals surface area (Å²) in [7, 11) is -2.01. The quantitative estimate of drug-likeness (QED) is 0.561. The van der Waals surface area contributed by atoms with E-state index in [4.69, 9.17) is 4.74 Å². The lowest BCUT2D eigenvalue weighted by atomic mass is 10.3. The minimum Gasteiger partial charge on any atom is -0.456 e. The van der Waals surface area contributed by atoms with Gasteiger partial charge in [-0.2, -0.15) is 5.10 Å². The molecule has 0 saturated heterocycles. The highest BCUT2D eigenvalue weighted by Gasteiger charge is 2.18. The molecule has 0 aliphatic rings. The van der Waals surface area contributed by atoms with Crippen LogP contribution < -0.4 is 5.32 Å². The van der Waals surface area contributed by atoms with Gasteiger partial charge in [-0.1, -0.05) is 0 Å². The largest absolute Gasteiger partial charge is 0.456 e. The molecule has 1 amide bonds. The molecule has 0 atom stereocenters. The molecule has 2 rings (SSSR count). The monoisotopic (exact) mass is 397 g/mol. The van der Waals surface area contributed by atoms with Crippen LogP contribution in [-0.4, -0.2) is 42.4 Å². The van der Waals surface area contributed by atoms with Crippen LogP contribution >= 0.6 is 0 Å². The summed E-state index contributed by atoms with van der Waals surface area (Å²) in [5, 5.41) is 6.76. The fourth-order valence-electron chi connectivity index (χ4n) is 2.33. The van der Waals surface area contributed by atoms with Gasteiger partial charge >= 0.3 is 5.97 Å². The van der Waals surface area contributed by atoms with Crippen molar-refractivity contribution in [3.63, 3.8) is 0 Å². The highest BCUT2D eigenvalue weighted by molar-refractivity contribution is 7.91. The molecule has 0 bridgehead atoms. The van der Waals surface area contributed by atoms with E-state index in [0.29, 0.717) is 11.4 Å². The third kappa shape index (κ3) is 5.36. The average molecular weight is 397 g/mol. The summed E-state index contributed by atoms with van der Waals surface area (Å²) in [6, 6.07) is 4.31. The maximum Gasteiger partial charge on any atom is 0.307 e. The molecule has 0 saturated carbocycles. The lowest BCUT2D eigenvalue weighted by molar-refractivity contribution is -0.146. The van der Waals surface area contributed by atoms with E-state index in [1.165, 1.54) is 0 Å². The van der Waals surface area contributed by atoms with Crippen molar-refractivity contribution in [1.29, 1.82) is 0 Å². The fraction of sp³-hybridized carbons (Fsp3) is 0.353. The summed E-state index contributed by atoms with van der Waals surface area (Å²) in [5.41, 5.74) is 1.91. The lowest BCUT2D eigenvalue weighted by Gasteiger charge is -2.07. The van der Waals surface area contributed by atoms with Gasteiger partial charge in [-0.05, 0) is 38.1 Å². The van der Waals surface area contributed by atoms with Crippen LogP contribution in [0, 0.1) is 19.7 Å². The van der Waals surface area contributed by atoms with Crippen molar-refractivity contribution in [2.75, 3.05) is 17.7 Å². The van der Waals surface area contributed by atoms with Crippen molar-refractivity contribution in [1.82, 2.24) is 9.78 Å². The fourth-order valence-corrected chi connectivity index (χ4v) is 3.55. The maximum atomic E-state index is 12.9. The van der Waals surface area contributed by atoms with Gasteiger partial charge in [0.2, 0.25) is 0 Å². The van der Waals surface area contributed by atoms with Crippen LogP contribution in [-0.2, 0) is 31.2 Å². The number of nitrogens with zero attached hydrogens (tertiary/aromatic N) is 2. The van der Waals surface area contributed by atoms with E-state index in [1.54, 1.807) is 25.6 Å². The predicted octanol–water partition coefficient (Wildman–Crippen LogP) is 1.52. The number of amides is 1. The van der Waals surface area contributed by atoms with Crippen LogP contribution in [0.2, 0.25) is 0 Å². The molecule has 0 aliphatic carbocycles. The molecule has 0 radical (unpaired) electrons. The molecule has 1 aromatic carbocycles. The molecule has 0 unspecified atom stereocenters. The van der Waals surface area contributed by atoms with Gasteiger partial charge in [0.1, 0.15) is 5.82 Å². The number of carbonyl (C=O) groups is 2. The SMILES string of the molecule is Cc1nn(C)c(C)c1NC(=O)COC(=O)CCS(=O)(=O)c1ccc(F)cc1. The molecule has 0 aliphatic heterocycles. The van der Waals surface area contributed by atoms with E-state index in [1.807, 2.05) is 0 Å². The predicted molar refractivity (Wildman–Crippen MR) is 95.3 cm³/mol. The molecular formula is C17H20FN3O5S. The summed E-state index contributed by atoms with van der Waals surface area (Å²) in [6.45, 7) is 2.97. The maximum absolute atomic E-state index is 12.9. The number of nitrogens with one attached hydrogen (secondary N) is 1. The Labute approximate surface area is 156 Å². The number of halogens is 1. The van der Waals surface area contributed by atoms with Gasteiger partial charge in [-0.25, -0.2) is 12.8 Å². The summed E-state index contributed by atoms with van der Waals surface area (Å²) in [5.74, 6) is -2.43. The summed E-state index contributed by atoms with van der Waals surface area (Å²) >= 11 is 0. The van der Waals surface area contributed by atoms with Gasteiger partial charge in [-0.3, -0.25) is 14.3 Å². The number of esters is 1. The van der Waals surface area contributed by atoms with Crippen molar-refractivity contribution in [2.45, 2.75) is 25.2 Å². The summed E-state index contributed by atoms with van der Waals surface area (Å²) < 4.78 is 43.5. The van der Waals surface area contributed by atoms with E-state index in [9.17, 15) is 22.4 Å². The highest BCUT2D eigenvalue weighted by atomic mass is 32.2. The molecule has 27 heavy (non-hydrogen) atoms. The van der Waals surface area contributed by atoms with Gasteiger partial charge in [0, 0.05) is 7.05 Å². The summed E-state index contributed by atoms with van der Waals surface area (Å²) in [4.78, 5) is 23.5. The van der Waals surface area contributed by atoms with Crippen molar-refractivity contribution < 1.29 is 27.1 Å². The minimum absolute atomic E-state index is 0.0861. The molecule has 8 nitrogen and oxygen atoms in total. The Hall–Kier alpha value is -2.75. The van der Waals surface area contributed by atoms with E-state index < -0.39 is 46.3 Å². The van der Waals surface area contributed by atoms with Crippen LogP contribution in [0.15, 0.2) is 29.2 Å². The summed E-state index contributed by atoms with van der Waals surface area (Å²) in [6.07, 6.45) is -0.419. The molecule has 1 heterocycles. The number of carbonyl (C=O) groups excluding carboxylic acids is 2. The molecule has 1 aromatic heterocycles. The zero-order valence-electron chi connectivity index (χ0n) is 15.2. The first-order valence-corrected chi connectivity index (χ1v) is 9.69. The normalized spacial score (nSPS) is 11.3. The van der Waals surface area contributed by atoms with Gasteiger partial charge in [0.15, 0.2) is 16.4 Å². The van der Waals surface area contributed by atoms with E-state index in [0.717, 1.165) is 30.0 Å². The van der Waals surface area contributed by atoms with Crippen LogP contribution in [0.3, 0.4) is 0 Å². The number of anilines is 1. The van der Waals surface area contributed by atoms with Crippen molar-refractivity contribution >= 4 is 27.4 Å². The second-order valence-corrected chi connectivity index (χ2v) is 8.01. The first kappa shape index (κ1) is 20.6. The number of sulfone groups is 1. The average Bonchev–Trinajstić information content (AvgIpc) is 2.85. The van der Waals surface area contributed by atoms with Gasteiger partial charge in [0.05, 0.1) is 34.1 Å². The van der Waals surface area contributed by atoms with Crippen LogP contribution in [0.1, 0.15) is 17.8 Å². The van der Waals surface area contributed by atoms with Gasteiger partial charge in [0.25, 0.3) is 5.91 Å². The van der Waals surface area contributed by atoms with Crippen LogP contribution in [0.25, 0.3) is 0 Å². The Bertz CT molecular complexity index is 952. The van der Waals surface area contributed by atoms with E-state index in [-0.39, 0.29) is 4.90 Å². The zero-order valence-corrected chi connectivity index (χ0v) is 16.0. The number of benzene rings is 1. The lowest BCUT2D eigenvalue weighted by Crippen LogP contribution is -2.22. The smallest absolute Gasteiger partial charge is 0.307 e. The molecule has 10 heteroatoms. The number of rotatable bonds is 7. The Morgan fingerprint density at radius 2 is 1.85 bits per heavy atom. The molecule has 146 valence electrons. The Balaban J connectivity index is 1.83. The highest BCUT2D eigenvalue weighted by Crippen LogP contribution is 2.18. The van der Waals surface area contributed by atoms with Gasteiger partial charge < -0.3 is 10.1 Å². The first-order chi connectivity index (χ1) is 12.6. The zero-order chi connectivity index (χ0) is 20.2. The number of hydrogen-bond donors (Lipinski definition) is 1.